The van der Waals surface area contributed by atoms with Crippen molar-refractivity contribution >= 4 is 28.9 Å². The number of anilines is 1. The lowest BCUT2D eigenvalue weighted by Crippen LogP contribution is -2.14. The number of ether oxygens (including phenoxy) is 1. The summed E-state index contributed by atoms with van der Waals surface area (Å²) < 4.78 is 4.70. The van der Waals surface area contributed by atoms with Gasteiger partial charge in [-0.15, -0.1) is 11.3 Å². The number of aliphatic hydroxyl groups is 1. The number of benzene rings is 1. The minimum atomic E-state index is -0.473. The number of carbonyl (C=O) groups is 2. The minimum absolute atomic E-state index is 0.0714. The quantitative estimate of drug-likeness (QED) is 0.851. The van der Waals surface area contributed by atoms with E-state index in [4.69, 9.17) is 9.84 Å². The van der Waals surface area contributed by atoms with Crippen LogP contribution in [0.3, 0.4) is 0 Å². The number of aliphatic hydroxyl groups excluding tert-OH is 1. The summed E-state index contributed by atoms with van der Waals surface area (Å²) in [6, 6.07) is 6.61. The molecule has 0 fully saturated rings. The molecule has 0 aliphatic rings. The Morgan fingerprint density at radius 1 is 1.29 bits per heavy atom. The molecule has 2 N–H and O–H groups in total. The highest BCUT2D eigenvalue weighted by molar-refractivity contribution is 7.12. The number of rotatable bonds is 4. The number of esters is 1. The molecule has 0 bridgehead atoms. The van der Waals surface area contributed by atoms with E-state index in [-0.39, 0.29) is 12.5 Å². The fourth-order valence-electron chi connectivity index (χ4n) is 1.79. The largest absolute Gasteiger partial charge is 0.465 e. The van der Waals surface area contributed by atoms with Gasteiger partial charge in [-0.2, -0.15) is 0 Å². The maximum absolute atomic E-state index is 12.2. The first-order valence-corrected chi connectivity index (χ1v) is 7.12. The van der Waals surface area contributed by atoms with Crippen molar-refractivity contribution < 1.29 is 19.4 Å². The van der Waals surface area contributed by atoms with Crippen LogP contribution in [-0.2, 0) is 11.3 Å². The normalized spacial score (nSPS) is 10.2. The van der Waals surface area contributed by atoms with Crippen molar-refractivity contribution in [2.45, 2.75) is 13.5 Å². The molecule has 1 heterocycles. The molecule has 0 aliphatic carbocycles. The zero-order valence-corrected chi connectivity index (χ0v) is 12.5. The van der Waals surface area contributed by atoms with Crippen molar-refractivity contribution in [3.05, 3.63) is 51.2 Å². The first-order valence-electron chi connectivity index (χ1n) is 6.24. The van der Waals surface area contributed by atoms with Crippen LogP contribution in [0.15, 0.2) is 29.6 Å². The maximum atomic E-state index is 12.2. The molecule has 0 saturated heterocycles. The van der Waals surface area contributed by atoms with Crippen molar-refractivity contribution in [2.24, 2.45) is 0 Å². The van der Waals surface area contributed by atoms with Crippen LogP contribution in [0.5, 0.6) is 0 Å². The van der Waals surface area contributed by atoms with Gasteiger partial charge in [0.2, 0.25) is 0 Å². The Balaban J connectivity index is 2.23. The lowest BCUT2D eigenvalue weighted by molar-refractivity contribution is 0.0607. The van der Waals surface area contributed by atoms with Gasteiger partial charge in [0.1, 0.15) is 4.88 Å². The summed E-state index contributed by atoms with van der Waals surface area (Å²) in [6.07, 6.45) is 0. The number of methoxy groups -OCH3 is 1. The van der Waals surface area contributed by atoms with E-state index < -0.39 is 5.97 Å². The van der Waals surface area contributed by atoms with Crippen molar-refractivity contribution in [1.82, 2.24) is 0 Å². The van der Waals surface area contributed by atoms with Gasteiger partial charge in [-0.1, -0.05) is 12.1 Å². The molecule has 110 valence electrons. The molecule has 21 heavy (non-hydrogen) atoms. The predicted octanol–water partition coefficient (Wildman–Crippen LogP) is 2.59. The van der Waals surface area contributed by atoms with Crippen LogP contribution in [0, 0.1) is 6.92 Å². The van der Waals surface area contributed by atoms with E-state index in [0.29, 0.717) is 16.1 Å². The van der Waals surface area contributed by atoms with Crippen LogP contribution in [0.2, 0.25) is 0 Å². The molecule has 0 saturated carbocycles. The van der Waals surface area contributed by atoms with Crippen molar-refractivity contribution in [3.8, 4) is 0 Å². The Kier molecular flexibility index (Phi) is 4.72. The van der Waals surface area contributed by atoms with E-state index in [1.54, 1.807) is 29.6 Å². The van der Waals surface area contributed by atoms with Crippen LogP contribution < -0.4 is 5.32 Å². The van der Waals surface area contributed by atoms with Crippen LogP contribution >= 0.6 is 11.3 Å². The maximum Gasteiger partial charge on any atom is 0.350 e. The molecule has 2 aromatic rings. The lowest BCUT2D eigenvalue weighted by atomic mass is 10.1. The number of thiophene rings is 1. The first-order chi connectivity index (χ1) is 10.1. The van der Waals surface area contributed by atoms with Gasteiger partial charge in [0, 0.05) is 5.56 Å². The summed E-state index contributed by atoms with van der Waals surface area (Å²) in [5.41, 5.74) is 2.46. The second-order valence-corrected chi connectivity index (χ2v) is 5.30. The topological polar surface area (TPSA) is 75.6 Å². The second kappa shape index (κ2) is 6.51. The van der Waals surface area contributed by atoms with Gasteiger partial charge in [-0.25, -0.2) is 4.79 Å². The monoisotopic (exact) mass is 305 g/mol. The Morgan fingerprint density at radius 2 is 1.95 bits per heavy atom. The third-order valence-electron chi connectivity index (χ3n) is 2.98. The highest BCUT2D eigenvalue weighted by atomic mass is 32.1. The Hall–Kier alpha value is -2.18. The van der Waals surface area contributed by atoms with E-state index in [1.165, 1.54) is 18.4 Å². The van der Waals surface area contributed by atoms with Crippen LogP contribution in [0.4, 0.5) is 5.69 Å². The predicted molar refractivity (Wildman–Crippen MR) is 80.7 cm³/mol. The zero-order valence-electron chi connectivity index (χ0n) is 11.7. The number of carbonyl (C=O) groups excluding carboxylic acids is 2. The summed E-state index contributed by atoms with van der Waals surface area (Å²) >= 11 is 1.23. The van der Waals surface area contributed by atoms with Crippen molar-refractivity contribution in [1.29, 1.82) is 0 Å². The molecule has 1 aromatic heterocycles. The number of aryl methyl sites for hydroxylation is 1. The molecule has 1 aromatic carbocycles. The average Bonchev–Trinajstić information content (AvgIpc) is 2.87. The Labute approximate surface area is 126 Å². The molecule has 0 unspecified atom stereocenters. The summed E-state index contributed by atoms with van der Waals surface area (Å²) in [4.78, 5) is 24.2. The van der Waals surface area contributed by atoms with E-state index >= 15 is 0 Å². The molecule has 0 atom stereocenters. The fourth-order valence-corrected chi connectivity index (χ4v) is 2.71. The zero-order chi connectivity index (χ0) is 15.4. The van der Waals surface area contributed by atoms with Gasteiger partial charge in [0.05, 0.1) is 19.4 Å². The highest BCUT2D eigenvalue weighted by Crippen LogP contribution is 2.28. The van der Waals surface area contributed by atoms with Crippen LogP contribution in [0.25, 0.3) is 0 Å². The first kappa shape index (κ1) is 15.2. The van der Waals surface area contributed by atoms with Gasteiger partial charge in [0.25, 0.3) is 5.91 Å². The molecule has 0 aliphatic heterocycles. The van der Waals surface area contributed by atoms with E-state index in [9.17, 15) is 9.59 Å². The Bertz CT molecular complexity index is 661. The third kappa shape index (κ3) is 3.29. The standard InChI is InChI=1S/C15H15NO4S/c1-9-8-21-13(15(19)20-2)12(9)16-14(18)11-5-3-10(7-17)4-6-11/h3-6,8,17H,7H2,1-2H3,(H,16,18). The number of amides is 1. The molecular weight excluding hydrogens is 290 g/mol. The molecule has 6 heteroatoms. The number of hydrogen-bond donors (Lipinski definition) is 2. The molecule has 0 radical (unpaired) electrons. The van der Waals surface area contributed by atoms with Gasteiger partial charge in [0.15, 0.2) is 0 Å². The third-order valence-corrected chi connectivity index (χ3v) is 4.06. The van der Waals surface area contributed by atoms with Crippen molar-refractivity contribution in [2.75, 3.05) is 12.4 Å². The fraction of sp³-hybridized carbons (Fsp3) is 0.200. The van der Waals surface area contributed by atoms with Crippen LogP contribution in [-0.4, -0.2) is 24.1 Å². The molecule has 5 nitrogen and oxygen atoms in total. The van der Waals surface area contributed by atoms with Gasteiger partial charge in [-0.3, -0.25) is 4.79 Å². The van der Waals surface area contributed by atoms with Gasteiger partial charge < -0.3 is 15.2 Å². The van der Waals surface area contributed by atoms with E-state index in [1.807, 2.05) is 6.92 Å². The molecule has 0 spiro atoms. The highest BCUT2D eigenvalue weighted by Gasteiger charge is 2.19. The second-order valence-electron chi connectivity index (χ2n) is 4.42. The molecule has 2 rings (SSSR count). The van der Waals surface area contributed by atoms with Crippen molar-refractivity contribution in [3.63, 3.8) is 0 Å². The average molecular weight is 305 g/mol. The van der Waals surface area contributed by atoms with E-state index in [0.717, 1.165) is 11.1 Å². The number of nitrogens with one attached hydrogen (secondary N) is 1. The number of hydrogen-bond acceptors (Lipinski definition) is 5. The summed E-state index contributed by atoms with van der Waals surface area (Å²) in [6.45, 7) is 1.74. The lowest BCUT2D eigenvalue weighted by Gasteiger charge is -2.07. The van der Waals surface area contributed by atoms with Crippen LogP contribution in [0.1, 0.15) is 31.2 Å². The van der Waals surface area contributed by atoms with E-state index in [2.05, 4.69) is 5.32 Å². The minimum Gasteiger partial charge on any atom is -0.465 e. The van der Waals surface area contributed by atoms with Gasteiger partial charge >= 0.3 is 5.97 Å². The summed E-state index contributed by atoms with van der Waals surface area (Å²) in [5, 5.41) is 13.5. The smallest absolute Gasteiger partial charge is 0.350 e. The molecule has 1 amide bonds. The summed E-state index contributed by atoms with van der Waals surface area (Å²) in [5.74, 6) is -0.787. The Morgan fingerprint density at radius 3 is 2.52 bits per heavy atom. The summed E-state index contributed by atoms with van der Waals surface area (Å²) in [7, 11) is 1.30. The molecular formula is C15H15NO4S. The SMILES string of the molecule is COC(=O)c1scc(C)c1NC(=O)c1ccc(CO)cc1. The van der Waals surface area contributed by atoms with Gasteiger partial charge in [-0.05, 0) is 35.6 Å².